The van der Waals surface area contributed by atoms with E-state index in [2.05, 4.69) is 32.4 Å². The molecule has 0 aromatic rings. The summed E-state index contributed by atoms with van der Waals surface area (Å²) in [7, 11) is 0. The van der Waals surface area contributed by atoms with Gasteiger partial charge in [-0.3, -0.25) is 4.67 Å². The Morgan fingerprint density at radius 3 is 1.30 bits per heavy atom. The molecule has 0 saturated heterocycles. The predicted molar refractivity (Wildman–Crippen MR) is 50.7 cm³/mol. The molecule has 0 radical (unpaired) electrons. The Hall–Kier alpha value is 0.970. The lowest BCUT2D eigenvalue weighted by Crippen LogP contribution is -2.29. The molecule has 10 heavy (non-hydrogen) atoms. The summed E-state index contributed by atoms with van der Waals surface area (Å²) >= 11 is 11.6. The second-order valence-corrected chi connectivity index (χ2v) is 6.12. The molecular formula is C6H14Cl2NP. The van der Waals surface area contributed by atoms with Crippen molar-refractivity contribution in [2.24, 2.45) is 0 Å². The molecule has 0 rings (SSSR count). The van der Waals surface area contributed by atoms with Crippen LogP contribution in [0.5, 0.6) is 0 Å². The largest absolute Gasteiger partial charge is 0.252 e. The minimum Gasteiger partial charge on any atom is -0.252 e. The van der Waals surface area contributed by atoms with Crippen molar-refractivity contribution < 1.29 is 0 Å². The minimum absolute atomic E-state index is 0.432. The lowest BCUT2D eigenvalue weighted by molar-refractivity contribution is 0.330. The third kappa shape index (κ3) is 3.39. The first kappa shape index (κ1) is 11.0. The van der Waals surface area contributed by atoms with Crippen molar-refractivity contribution in [3.05, 3.63) is 0 Å². The van der Waals surface area contributed by atoms with E-state index >= 15 is 0 Å². The van der Waals surface area contributed by atoms with Crippen LogP contribution in [-0.4, -0.2) is 16.8 Å². The molecule has 0 aliphatic carbocycles. The van der Waals surface area contributed by atoms with Gasteiger partial charge in [-0.15, -0.1) is 0 Å². The first-order valence-electron chi connectivity index (χ1n) is 3.36. The number of nitrogens with zero attached hydrogens (tertiary/aromatic N) is 1. The zero-order valence-corrected chi connectivity index (χ0v) is 9.21. The summed E-state index contributed by atoms with van der Waals surface area (Å²) in [6.07, 6.45) is 0. The molecule has 1 nitrogen and oxygen atoms in total. The Bertz CT molecular complexity index is 76.7. The van der Waals surface area contributed by atoms with Crippen LogP contribution in [0.3, 0.4) is 0 Å². The van der Waals surface area contributed by atoms with E-state index in [0.717, 1.165) is 0 Å². The molecule has 0 bridgehead atoms. The van der Waals surface area contributed by atoms with Crippen molar-refractivity contribution in [1.29, 1.82) is 0 Å². The van der Waals surface area contributed by atoms with E-state index in [1.807, 2.05) is 0 Å². The third-order valence-electron chi connectivity index (χ3n) is 1.23. The molecular weight excluding hydrogens is 188 g/mol. The van der Waals surface area contributed by atoms with Gasteiger partial charge in [0.25, 0.3) is 0 Å². The lowest BCUT2D eigenvalue weighted by atomic mass is 10.3. The van der Waals surface area contributed by atoms with Gasteiger partial charge in [0, 0.05) is 12.1 Å². The molecule has 0 amide bonds. The lowest BCUT2D eigenvalue weighted by Gasteiger charge is -2.30. The van der Waals surface area contributed by atoms with Gasteiger partial charge >= 0.3 is 0 Å². The van der Waals surface area contributed by atoms with Crippen LogP contribution in [0, 0.1) is 0 Å². The fraction of sp³-hybridized carbons (Fsp3) is 1.00. The standard InChI is InChI=1S/C6H14Cl2NP/c1-5(2)9(6(3)4)10(7)8/h5-6H,1-4H3. The van der Waals surface area contributed by atoms with Crippen LogP contribution < -0.4 is 0 Å². The van der Waals surface area contributed by atoms with Gasteiger partial charge in [0.15, 0.2) is 6.78 Å². The average molecular weight is 202 g/mol. The van der Waals surface area contributed by atoms with Crippen molar-refractivity contribution in [3.8, 4) is 0 Å². The maximum Gasteiger partial charge on any atom is 0.160 e. The summed E-state index contributed by atoms with van der Waals surface area (Å²) in [6, 6.07) is 0.863. The quantitative estimate of drug-likeness (QED) is 0.629. The fourth-order valence-corrected chi connectivity index (χ4v) is 3.74. The highest BCUT2D eigenvalue weighted by molar-refractivity contribution is 8.02. The van der Waals surface area contributed by atoms with Crippen molar-refractivity contribution in [3.63, 3.8) is 0 Å². The first-order valence-corrected chi connectivity index (χ1v) is 6.47. The summed E-state index contributed by atoms with van der Waals surface area (Å²) in [5, 5.41) is 0. The van der Waals surface area contributed by atoms with Crippen LogP contribution in [0.15, 0.2) is 0 Å². The summed E-state index contributed by atoms with van der Waals surface area (Å²) in [5.41, 5.74) is 0. The molecule has 0 N–H and O–H groups in total. The number of hydrogen-bond donors (Lipinski definition) is 0. The maximum absolute atomic E-state index is 5.79. The van der Waals surface area contributed by atoms with Gasteiger partial charge in [-0.2, -0.15) is 0 Å². The van der Waals surface area contributed by atoms with Crippen molar-refractivity contribution in [1.82, 2.24) is 4.67 Å². The van der Waals surface area contributed by atoms with E-state index in [9.17, 15) is 0 Å². The third-order valence-corrected chi connectivity index (χ3v) is 3.55. The molecule has 0 spiro atoms. The van der Waals surface area contributed by atoms with E-state index in [0.29, 0.717) is 12.1 Å². The summed E-state index contributed by atoms with van der Waals surface area (Å²) in [5.74, 6) is 0. The van der Waals surface area contributed by atoms with E-state index < -0.39 is 6.78 Å². The van der Waals surface area contributed by atoms with Crippen LogP contribution in [0.1, 0.15) is 27.7 Å². The molecule has 0 fully saturated rings. The number of hydrogen-bond acceptors (Lipinski definition) is 1. The second kappa shape index (κ2) is 4.77. The molecule has 0 heterocycles. The van der Waals surface area contributed by atoms with Crippen molar-refractivity contribution in [2.45, 2.75) is 39.8 Å². The normalized spacial score (nSPS) is 12.6. The Morgan fingerprint density at radius 1 is 1.00 bits per heavy atom. The molecule has 0 atom stereocenters. The Labute approximate surface area is 74.1 Å². The Kier molecular flexibility index (Phi) is 5.23. The average Bonchev–Trinajstić information content (AvgIpc) is 1.59. The molecule has 0 unspecified atom stereocenters. The molecule has 0 aliphatic rings. The molecule has 4 heteroatoms. The van der Waals surface area contributed by atoms with Crippen molar-refractivity contribution >= 4 is 29.3 Å². The van der Waals surface area contributed by atoms with E-state index in [1.54, 1.807) is 0 Å². The van der Waals surface area contributed by atoms with Gasteiger partial charge in [-0.25, -0.2) is 0 Å². The molecule has 0 saturated carbocycles. The number of halogens is 2. The van der Waals surface area contributed by atoms with E-state index in [-0.39, 0.29) is 0 Å². The highest BCUT2D eigenvalue weighted by Gasteiger charge is 2.19. The smallest absolute Gasteiger partial charge is 0.160 e. The second-order valence-electron chi connectivity index (χ2n) is 2.78. The first-order chi connectivity index (χ1) is 4.46. The molecule has 62 valence electrons. The monoisotopic (exact) mass is 201 g/mol. The topological polar surface area (TPSA) is 3.24 Å². The Morgan fingerprint density at radius 2 is 1.30 bits per heavy atom. The van der Waals surface area contributed by atoms with Crippen LogP contribution in [0.25, 0.3) is 0 Å². The van der Waals surface area contributed by atoms with Crippen LogP contribution in [-0.2, 0) is 0 Å². The van der Waals surface area contributed by atoms with Gasteiger partial charge in [0.2, 0.25) is 0 Å². The van der Waals surface area contributed by atoms with Gasteiger partial charge in [0.05, 0.1) is 0 Å². The fourth-order valence-electron chi connectivity index (χ4n) is 0.945. The van der Waals surface area contributed by atoms with Crippen LogP contribution in [0.4, 0.5) is 0 Å². The zero-order valence-electron chi connectivity index (χ0n) is 6.81. The van der Waals surface area contributed by atoms with E-state index in [1.165, 1.54) is 0 Å². The van der Waals surface area contributed by atoms with Crippen molar-refractivity contribution in [2.75, 3.05) is 0 Å². The summed E-state index contributed by atoms with van der Waals surface area (Å²) in [4.78, 5) is 0. The van der Waals surface area contributed by atoms with E-state index in [4.69, 9.17) is 22.5 Å². The van der Waals surface area contributed by atoms with Gasteiger partial charge in [-0.05, 0) is 27.7 Å². The highest BCUT2D eigenvalue weighted by Crippen LogP contribution is 2.52. The minimum atomic E-state index is -0.965. The number of rotatable bonds is 3. The maximum atomic E-state index is 5.79. The SMILES string of the molecule is CC(C)N(C(C)C)P(Cl)Cl. The highest BCUT2D eigenvalue weighted by atomic mass is 35.9. The Balaban J connectivity index is 3.98. The zero-order chi connectivity index (χ0) is 8.31. The summed E-state index contributed by atoms with van der Waals surface area (Å²) < 4.78 is 2.10. The van der Waals surface area contributed by atoms with Crippen LogP contribution >= 0.6 is 29.3 Å². The van der Waals surface area contributed by atoms with Gasteiger partial charge in [-0.1, -0.05) is 22.5 Å². The van der Waals surface area contributed by atoms with Gasteiger partial charge in [0.1, 0.15) is 0 Å². The molecule has 0 aromatic heterocycles. The summed E-state index contributed by atoms with van der Waals surface area (Å²) in [6.45, 7) is 7.42. The molecule has 0 aliphatic heterocycles. The molecule has 0 aromatic carbocycles. The van der Waals surface area contributed by atoms with Gasteiger partial charge < -0.3 is 0 Å². The predicted octanol–water partition coefficient (Wildman–Crippen LogP) is 3.81. The van der Waals surface area contributed by atoms with Crippen LogP contribution in [0.2, 0.25) is 0 Å².